The predicted octanol–water partition coefficient (Wildman–Crippen LogP) is 5.17. The number of fused-ring (bicyclic) bond motifs is 1. The van der Waals surface area contributed by atoms with E-state index in [0.717, 1.165) is 33.4 Å². The summed E-state index contributed by atoms with van der Waals surface area (Å²) in [5.41, 5.74) is 15.7. The molecule has 0 radical (unpaired) electrons. The number of nitrogens with two attached hydrogens (primary N) is 2. The van der Waals surface area contributed by atoms with E-state index in [1.54, 1.807) is 0 Å². The van der Waals surface area contributed by atoms with Gasteiger partial charge in [-0.25, -0.2) is 0 Å². The van der Waals surface area contributed by atoms with Crippen molar-refractivity contribution in [2.24, 2.45) is 21.5 Å². The van der Waals surface area contributed by atoms with Crippen LogP contribution in [-0.4, -0.2) is 23.8 Å². The fourth-order valence-corrected chi connectivity index (χ4v) is 2.88. The van der Waals surface area contributed by atoms with Crippen molar-refractivity contribution in [3.8, 4) is 11.3 Å². The molecule has 4 N–H and O–H groups in total. The normalized spacial score (nSPS) is 12.2. The first-order valence-electron chi connectivity index (χ1n) is 9.15. The fourth-order valence-electron chi connectivity index (χ4n) is 2.88. The highest BCUT2D eigenvalue weighted by atomic mass is 35.5. The Labute approximate surface area is 184 Å². The van der Waals surface area contributed by atoms with E-state index in [1.165, 1.54) is 0 Å². The topological polar surface area (TPSA) is 89.9 Å². The Morgan fingerprint density at radius 1 is 0.793 bits per heavy atom. The van der Waals surface area contributed by atoms with Crippen LogP contribution in [0.2, 0.25) is 0 Å². The molecule has 0 aliphatic rings. The van der Waals surface area contributed by atoms with Gasteiger partial charge in [0, 0.05) is 34.2 Å². The first-order chi connectivity index (χ1) is 12.8. The SMILES string of the molecule is CC(C)N=C(N)c1cccc(-c2cc3cc(C(N)=NC(C)C)ccc3o2)c1.Cl.Cl. The van der Waals surface area contributed by atoms with Gasteiger partial charge in [0.25, 0.3) is 0 Å². The van der Waals surface area contributed by atoms with E-state index in [9.17, 15) is 0 Å². The second-order valence-electron chi connectivity index (χ2n) is 7.16. The third kappa shape index (κ3) is 5.99. The molecule has 2 aromatic carbocycles. The molecule has 1 heterocycles. The quantitative estimate of drug-likeness (QED) is 0.428. The molecule has 7 heteroatoms. The molecule has 0 atom stereocenters. The number of nitrogens with zero attached hydrogens (tertiary/aromatic N) is 2. The fraction of sp³-hybridized carbons (Fsp3) is 0.273. The number of halogens is 2. The summed E-state index contributed by atoms with van der Waals surface area (Å²) in [6, 6.07) is 16.1. The molecule has 0 unspecified atom stereocenters. The van der Waals surface area contributed by atoms with Crippen LogP contribution in [0, 0.1) is 0 Å². The minimum absolute atomic E-state index is 0. The summed E-state index contributed by atoms with van der Waals surface area (Å²) in [5, 5.41) is 0.985. The van der Waals surface area contributed by atoms with Crippen molar-refractivity contribution in [3.63, 3.8) is 0 Å². The van der Waals surface area contributed by atoms with Crippen LogP contribution < -0.4 is 11.5 Å². The zero-order valence-electron chi connectivity index (χ0n) is 17.0. The van der Waals surface area contributed by atoms with Crippen LogP contribution in [0.15, 0.2) is 62.9 Å². The second-order valence-corrected chi connectivity index (χ2v) is 7.16. The lowest BCUT2D eigenvalue weighted by molar-refractivity contribution is 0.631. The molecule has 0 saturated carbocycles. The Bertz CT molecular complexity index is 1020. The monoisotopic (exact) mass is 434 g/mol. The molecule has 3 rings (SSSR count). The second kappa shape index (κ2) is 10.3. The van der Waals surface area contributed by atoms with E-state index in [2.05, 4.69) is 9.98 Å². The highest BCUT2D eigenvalue weighted by Gasteiger charge is 2.10. The van der Waals surface area contributed by atoms with Crippen LogP contribution in [0.4, 0.5) is 0 Å². The van der Waals surface area contributed by atoms with Crippen LogP contribution in [0.3, 0.4) is 0 Å². The first kappa shape index (κ1) is 24.5. The highest BCUT2D eigenvalue weighted by Crippen LogP contribution is 2.29. The van der Waals surface area contributed by atoms with E-state index in [1.807, 2.05) is 76.2 Å². The Morgan fingerprint density at radius 2 is 1.38 bits per heavy atom. The lowest BCUT2D eigenvalue weighted by Crippen LogP contribution is -2.15. The summed E-state index contributed by atoms with van der Waals surface area (Å²) >= 11 is 0. The van der Waals surface area contributed by atoms with Crippen molar-refractivity contribution in [2.75, 3.05) is 0 Å². The number of hydrogen-bond donors (Lipinski definition) is 2. The minimum Gasteiger partial charge on any atom is -0.456 e. The standard InChI is InChI=1S/C22H26N4O.2ClH/c1-13(2)25-21(23)16-7-5-6-15(10-16)20-12-18-11-17(8-9-19(18)27-20)22(24)26-14(3)4;;/h5-14H,1-4H3,(H2,23,25)(H2,24,26);2*1H. The van der Waals surface area contributed by atoms with Crippen molar-refractivity contribution >= 4 is 47.5 Å². The number of furan rings is 1. The Kier molecular flexibility index (Phi) is 8.74. The number of benzene rings is 2. The van der Waals surface area contributed by atoms with Crippen LogP contribution in [0.1, 0.15) is 38.8 Å². The van der Waals surface area contributed by atoms with Crippen molar-refractivity contribution in [3.05, 3.63) is 59.7 Å². The van der Waals surface area contributed by atoms with Crippen molar-refractivity contribution in [1.82, 2.24) is 0 Å². The summed E-state index contributed by atoms with van der Waals surface area (Å²) in [7, 11) is 0. The van der Waals surface area contributed by atoms with Crippen LogP contribution in [0.5, 0.6) is 0 Å². The van der Waals surface area contributed by atoms with Gasteiger partial charge in [-0.3, -0.25) is 9.98 Å². The van der Waals surface area contributed by atoms with E-state index >= 15 is 0 Å². The van der Waals surface area contributed by atoms with Gasteiger partial charge in [-0.1, -0.05) is 18.2 Å². The molecule has 0 aliphatic heterocycles. The van der Waals surface area contributed by atoms with E-state index in [0.29, 0.717) is 11.7 Å². The van der Waals surface area contributed by atoms with Crippen molar-refractivity contribution < 1.29 is 4.42 Å². The van der Waals surface area contributed by atoms with Gasteiger partial charge in [0.05, 0.1) is 0 Å². The van der Waals surface area contributed by atoms with Gasteiger partial charge in [-0.15, -0.1) is 24.8 Å². The van der Waals surface area contributed by atoms with Crippen molar-refractivity contribution in [1.29, 1.82) is 0 Å². The van der Waals surface area contributed by atoms with Crippen LogP contribution in [-0.2, 0) is 0 Å². The molecule has 0 spiro atoms. The predicted molar refractivity (Wildman–Crippen MR) is 128 cm³/mol. The molecule has 29 heavy (non-hydrogen) atoms. The van der Waals surface area contributed by atoms with E-state index in [-0.39, 0.29) is 36.9 Å². The van der Waals surface area contributed by atoms with Gasteiger partial charge < -0.3 is 15.9 Å². The first-order valence-corrected chi connectivity index (χ1v) is 9.15. The smallest absolute Gasteiger partial charge is 0.135 e. The maximum Gasteiger partial charge on any atom is 0.135 e. The molecule has 0 saturated heterocycles. The average molecular weight is 435 g/mol. The van der Waals surface area contributed by atoms with Gasteiger partial charge in [0.2, 0.25) is 0 Å². The third-order valence-corrected chi connectivity index (χ3v) is 4.05. The van der Waals surface area contributed by atoms with E-state index < -0.39 is 0 Å². The van der Waals surface area contributed by atoms with E-state index in [4.69, 9.17) is 15.9 Å². The number of rotatable bonds is 5. The van der Waals surface area contributed by atoms with Gasteiger partial charge >= 0.3 is 0 Å². The molecular weight excluding hydrogens is 407 g/mol. The lowest BCUT2D eigenvalue weighted by Gasteiger charge is -2.05. The summed E-state index contributed by atoms with van der Waals surface area (Å²) in [5.74, 6) is 1.85. The Balaban J connectivity index is 0.00000210. The number of hydrogen-bond acceptors (Lipinski definition) is 3. The number of amidine groups is 2. The van der Waals surface area contributed by atoms with Gasteiger partial charge in [-0.2, -0.15) is 0 Å². The molecule has 0 aliphatic carbocycles. The Morgan fingerprint density at radius 3 is 1.97 bits per heavy atom. The molecule has 0 amide bonds. The molecule has 156 valence electrons. The highest BCUT2D eigenvalue weighted by molar-refractivity contribution is 6.01. The van der Waals surface area contributed by atoms with Gasteiger partial charge in [0.1, 0.15) is 23.0 Å². The molecular formula is C22H28Cl2N4O. The molecule has 5 nitrogen and oxygen atoms in total. The zero-order chi connectivity index (χ0) is 19.6. The average Bonchev–Trinajstić information content (AvgIpc) is 3.04. The summed E-state index contributed by atoms with van der Waals surface area (Å²) in [6.07, 6.45) is 0. The maximum absolute atomic E-state index is 6.10. The summed E-state index contributed by atoms with van der Waals surface area (Å²) in [6.45, 7) is 8.01. The third-order valence-electron chi connectivity index (χ3n) is 4.05. The summed E-state index contributed by atoms with van der Waals surface area (Å²) in [4.78, 5) is 8.83. The zero-order valence-corrected chi connectivity index (χ0v) is 18.7. The van der Waals surface area contributed by atoms with Crippen molar-refractivity contribution in [2.45, 2.75) is 39.8 Å². The largest absolute Gasteiger partial charge is 0.456 e. The van der Waals surface area contributed by atoms with Gasteiger partial charge in [0.15, 0.2) is 0 Å². The maximum atomic E-state index is 6.10. The molecule has 0 bridgehead atoms. The molecule has 3 aromatic rings. The van der Waals surface area contributed by atoms with Crippen LogP contribution >= 0.6 is 24.8 Å². The minimum atomic E-state index is 0. The van der Waals surface area contributed by atoms with Gasteiger partial charge in [-0.05, 0) is 58.0 Å². The molecule has 0 fully saturated rings. The lowest BCUT2D eigenvalue weighted by atomic mass is 10.1. The summed E-state index contributed by atoms with van der Waals surface area (Å²) < 4.78 is 6.02. The number of aliphatic imine (C=N–C) groups is 2. The molecule has 1 aromatic heterocycles. The van der Waals surface area contributed by atoms with Crippen LogP contribution in [0.25, 0.3) is 22.3 Å². The Hall–Kier alpha value is -2.50.